The van der Waals surface area contributed by atoms with Crippen LogP contribution < -0.4 is 22.3 Å². The number of carbonyl (C=O) groups is 1. The van der Waals surface area contributed by atoms with E-state index in [0.29, 0.717) is 9.47 Å². The van der Waals surface area contributed by atoms with Crippen molar-refractivity contribution >= 4 is 45.5 Å². The van der Waals surface area contributed by atoms with Gasteiger partial charge in [0.1, 0.15) is 11.4 Å². The quantitative estimate of drug-likeness (QED) is 0.335. The maximum Gasteiger partial charge on any atom is 0.330 e. The lowest BCUT2D eigenvalue weighted by molar-refractivity contribution is 0.102. The Kier molecular flexibility index (Phi) is 6.80. The van der Waals surface area contributed by atoms with Crippen molar-refractivity contribution in [3.63, 3.8) is 0 Å². The Morgan fingerprint density at radius 1 is 1.31 bits per heavy atom. The Hall–Kier alpha value is -2.96. The molecular formula is C17H18N6O4S2. The van der Waals surface area contributed by atoms with Crippen molar-refractivity contribution in [2.45, 2.75) is 10.9 Å². The fraction of sp³-hybridized carbons (Fsp3) is 0.235. The van der Waals surface area contributed by atoms with Gasteiger partial charge in [0, 0.05) is 12.8 Å². The van der Waals surface area contributed by atoms with Gasteiger partial charge in [-0.2, -0.15) is 0 Å². The molecule has 4 N–H and O–H groups in total. The number of para-hydroxylation sites is 1. The number of Topliss-reactive ketones (excluding diaryl/α,β-unsaturated/α-hetero) is 1. The number of H-pyrrole nitrogens is 1. The van der Waals surface area contributed by atoms with Crippen molar-refractivity contribution in [2.75, 3.05) is 30.5 Å². The Labute approximate surface area is 173 Å². The first-order chi connectivity index (χ1) is 14.0. The van der Waals surface area contributed by atoms with E-state index in [0.717, 1.165) is 22.0 Å². The van der Waals surface area contributed by atoms with Crippen LogP contribution in [0.1, 0.15) is 10.4 Å². The van der Waals surface area contributed by atoms with Gasteiger partial charge in [0.05, 0.1) is 18.9 Å². The Morgan fingerprint density at radius 3 is 2.79 bits per heavy atom. The number of nitrogen functional groups attached to an aromatic ring is 1. The first-order valence-corrected chi connectivity index (χ1v) is 10.2. The average molecular weight is 435 g/mol. The Morgan fingerprint density at radius 2 is 2.07 bits per heavy atom. The van der Waals surface area contributed by atoms with Gasteiger partial charge in [-0.1, -0.05) is 41.3 Å². The third kappa shape index (κ3) is 5.10. The molecule has 3 rings (SSSR count). The second kappa shape index (κ2) is 9.49. The molecule has 0 aliphatic heterocycles. The van der Waals surface area contributed by atoms with Crippen LogP contribution in [0.2, 0.25) is 0 Å². The number of rotatable bonds is 9. The second-order valence-corrected chi connectivity index (χ2v) is 7.94. The highest BCUT2D eigenvalue weighted by Gasteiger charge is 2.20. The molecule has 0 saturated carbocycles. The van der Waals surface area contributed by atoms with Gasteiger partial charge < -0.3 is 15.8 Å². The van der Waals surface area contributed by atoms with Gasteiger partial charge in [-0.3, -0.25) is 19.1 Å². The normalized spacial score (nSPS) is 10.8. The SMILES string of the molecule is COCCn1c(N)c(C(=O)CSc2nnc(Nc3ccccc3)s2)c(=O)[nH]c1=O. The number of ketones is 1. The van der Waals surface area contributed by atoms with Crippen LogP contribution >= 0.6 is 23.1 Å². The minimum absolute atomic E-state index is 0.0737. The lowest BCUT2D eigenvalue weighted by Gasteiger charge is -2.11. The second-order valence-electron chi connectivity index (χ2n) is 5.74. The zero-order valence-corrected chi connectivity index (χ0v) is 17.0. The fourth-order valence-corrected chi connectivity index (χ4v) is 4.07. The molecule has 1 aromatic carbocycles. The standard InChI is InChI=1S/C17H18N6O4S2/c1-27-8-7-23-13(18)12(14(25)20-16(23)26)11(24)9-28-17-22-21-15(29-17)19-10-5-3-2-4-6-10/h2-6H,7-9,18H2,1H3,(H,19,21)(H,20,25,26). The number of hydrogen-bond acceptors (Lipinski definition) is 10. The number of nitrogens with one attached hydrogen (secondary N) is 2. The number of carbonyl (C=O) groups excluding carboxylic acids is 1. The highest BCUT2D eigenvalue weighted by atomic mass is 32.2. The summed E-state index contributed by atoms with van der Waals surface area (Å²) in [6.07, 6.45) is 0. The number of aromatic amines is 1. The van der Waals surface area contributed by atoms with E-state index in [1.54, 1.807) is 0 Å². The molecule has 0 atom stereocenters. The molecule has 152 valence electrons. The van der Waals surface area contributed by atoms with Crippen LogP contribution in [0.5, 0.6) is 0 Å². The maximum absolute atomic E-state index is 12.6. The van der Waals surface area contributed by atoms with Crippen LogP contribution in [0.3, 0.4) is 0 Å². The van der Waals surface area contributed by atoms with Gasteiger partial charge in [0.2, 0.25) is 5.13 Å². The first-order valence-electron chi connectivity index (χ1n) is 8.42. The van der Waals surface area contributed by atoms with Crippen molar-refractivity contribution < 1.29 is 9.53 Å². The van der Waals surface area contributed by atoms with Gasteiger partial charge in [-0.05, 0) is 12.1 Å². The number of thioether (sulfide) groups is 1. The first kappa shape index (κ1) is 20.8. The summed E-state index contributed by atoms with van der Waals surface area (Å²) < 4.78 is 6.58. The number of nitrogens with two attached hydrogens (primary N) is 1. The molecule has 2 heterocycles. The molecule has 0 saturated heterocycles. The summed E-state index contributed by atoms with van der Waals surface area (Å²) in [4.78, 5) is 38.7. The van der Waals surface area contributed by atoms with Crippen LogP contribution in [0.4, 0.5) is 16.6 Å². The zero-order chi connectivity index (χ0) is 20.8. The van der Waals surface area contributed by atoms with Gasteiger partial charge in [-0.15, -0.1) is 10.2 Å². The molecule has 0 bridgehead atoms. The van der Waals surface area contributed by atoms with Gasteiger partial charge in [-0.25, -0.2) is 4.79 Å². The van der Waals surface area contributed by atoms with E-state index in [4.69, 9.17) is 10.5 Å². The minimum atomic E-state index is -0.810. The molecule has 0 unspecified atom stereocenters. The molecule has 3 aromatic rings. The summed E-state index contributed by atoms with van der Waals surface area (Å²) in [7, 11) is 1.47. The number of methoxy groups -OCH3 is 1. The van der Waals surface area contributed by atoms with E-state index in [1.807, 2.05) is 30.3 Å². The summed E-state index contributed by atoms with van der Waals surface area (Å²) in [5, 5.41) is 11.7. The average Bonchev–Trinajstić information content (AvgIpc) is 3.14. The maximum atomic E-state index is 12.6. The molecular weight excluding hydrogens is 416 g/mol. The van der Waals surface area contributed by atoms with Crippen LogP contribution in [0, 0.1) is 0 Å². The summed E-state index contributed by atoms with van der Waals surface area (Å²) in [6.45, 7) is 0.330. The molecule has 0 aliphatic rings. The lowest BCUT2D eigenvalue weighted by atomic mass is 10.2. The monoisotopic (exact) mass is 434 g/mol. The lowest BCUT2D eigenvalue weighted by Crippen LogP contribution is -2.37. The van der Waals surface area contributed by atoms with Crippen molar-refractivity contribution in [3.05, 3.63) is 56.7 Å². The molecule has 0 fully saturated rings. The number of nitrogens with zero attached hydrogens (tertiary/aromatic N) is 3. The molecule has 0 spiro atoms. The number of ether oxygens (including phenoxy) is 1. The Balaban J connectivity index is 1.70. The Bertz CT molecular complexity index is 1110. The van der Waals surface area contributed by atoms with E-state index in [-0.39, 0.29) is 30.3 Å². The van der Waals surface area contributed by atoms with Crippen LogP contribution in [-0.4, -0.2) is 45.0 Å². The number of anilines is 3. The van der Waals surface area contributed by atoms with Gasteiger partial charge in [0.25, 0.3) is 5.56 Å². The predicted octanol–water partition coefficient (Wildman–Crippen LogP) is 1.34. The molecule has 2 aromatic heterocycles. The number of hydrogen-bond donors (Lipinski definition) is 3. The highest BCUT2D eigenvalue weighted by Crippen LogP contribution is 2.28. The van der Waals surface area contributed by atoms with Crippen molar-refractivity contribution in [1.82, 2.24) is 19.7 Å². The third-order valence-electron chi connectivity index (χ3n) is 3.80. The summed E-state index contributed by atoms with van der Waals surface area (Å²) in [6, 6.07) is 9.48. The smallest absolute Gasteiger partial charge is 0.330 e. The van der Waals surface area contributed by atoms with Crippen molar-refractivity contribution in [3.8, 4) is 0 Å². The van der Waals surface area contributed by atoms with Crippen LogP contribution in [0.15, 0.2) is 44.3 Å². The van der Waals surface area contributed by atoms with Crippen LogP contribution in [-0.2, 0) is 11.3 Å². The molecule has 10 nitrogen and oxygen atoms in total. The van der Waals surface area contributed by atoms with Crippen LogP contribution in [0.25, 0.3) is 0 Å². The molecule has 29 heavy (non-hydrogen) atoms. The number of benzene rings is 1. The van der Waals surface area contributed by atoms with E-state index in [2.05, 4.69) is 20.5 Å². The predicted molar refractivity (Wildman–Crippen MR) is 112 cm³/mol. The molecule has 0 aliphatic carbocycles. The topological polar surface area (TPSA) is 145 Å². The minimum Gasteiger partial charge on any atom is -0.384 e. The molecule has 0 amide bonds. The summed E-state index contributed by atoms with van der Waals surface area (Å²) in [5.41, 5.74) is 5.03. The van der Waals surface area contributed by atoms with E-state index in [1.165, 1.54) is 18.4 Å². The van der Waals surface area contributed by atoms with E-state index < -0.39 is 17.0 Å². The summed E-state index contributed by atoms with van der Waals surface area (Å²) in [5.74, 6) is -0.756. The van der Waals surface area contributed by atoms with E-state index in [9.17, 15) is 14.4 Å². The zero-order valence-electron chi connectivity index (χ0n) is 15.4. The van der Waals surface area contributed by atoms with Gasteiger partial charge in [0.15, 0.2) is 10.1 Å². The van der Waals surface area contributed by atoms with Crippen molar-refractivity contribution in [1.29, 1.82) is 0 Å². The molecule has 12 heteroatoms. The third-order valence-corrected chi connectivity index (χ3v) is 5.77. The molecule has 0 radical (unpaired) electrons. The van der Waals surface area contributed by atoms with Crippen molar-refractivity contribution in [2.24, 2.45) is 0 Å². The highest BCUT2D eigenvalue weighted by molar-refractivity contribution is 8.01. The fourth-order valence-electron chi connectivity index (χ4n) is 2.42. The van der Waals surface area contributed by atoms with Gasteiger partial charge >= 0.3 is 5.69 Å². The van der Waals surface area contributed by atoms with E-state index >= 15 is 0 Å². The number of aromatic nitrogens is 4. The largest absolute Gasteiger partial charge is 0.384 e. The summed E-state index contributed by atoms with van der Waals surface area (Å²) >= 11 is 2.41.